The number of rotatable bonds is 7. The summed E-state index contributed by atoms with van der Waals surface area (Å²) >= 11 is 12.3. The summed E-state index contributed by atoms with van der Waals surface area (Å²) in [6, 6.07) is 11.6. The third kappa shape index (κ3) is 3.92. The molecule has 2 aromatic carbocycles. The standard InChI is InChI=1S/C20H22Cl2N2O3S/c1-3-24(4-2)28(26,27)16-8-9-17(22)18(13-16)23-19(25)20(10-11-20)14-6-5-7-15(21)12-14/h5-9,12-13H,3-4,10-11H2,1-2H3,(H,23,25). The molecule has 0 aliphatic heterocycles. The minimum Gasteiger partial charge on any atom is -0.324 e. The van der Waals surface area contributed by atoms with Crippen molar-refractivity contribution in [2.75, 3.05) is 18.4 Å². The summed E-state index contributed by atoms with van der Waals surface area (Å²) in [5.41, 5.74) is 0.482. The molecule has 1 fully saturated rings. The number of hydrogen-bond acceptors (Lipinski definition) is 3. The number of anilines is 1. The van der Waals surface area contributed by atoms with Crippen LogP contribution in [0, 0.1) is 0 Å². The predicted molar refractivity (Wildman–Crippen MR) is 113 cm³/mol. The second kappa shape index (κ2) is 8.03. The van der Waals surface area contributed by atoms with E-state index in [0.29, 0.717) is 31.0 Å². The first kappa shape index (κ1) is 21.1. The molecule has 0 atom stereocenters. The summed E-state index contributed by atoms with van der Waals surface area (Å²) in [6.07, 6.45) is 1.41. The maximum Gasteiger partial charge on any atom is 0.243 e. The van der Waals surface area contributed by atoms with E-state index < -0.39 is 15.4 Å². The van der Waals surface area contributed by atoms with Crippen molar-refractivity contribution < 1.29 is 13.2 Å². The van der Waals surface area contributed by atoms with Gasteiger partial charge in [0, 0.05) is 18.1 Å². The Kier molecular flexibility index (Phi) is 6.05. The molecule has 8 heteroatoms. The fourth-order valence-electron chi connectivity index (χ4n) is 3.27. The number of hydrogen-bond donors (Lipinski definition) is 1. The monoisotopic (exact) mass is 440 g/mol. The number of benzene rings is 2. The minimum absolute atomic E-state index is 0.100. The zero-order valence-electron chi connectivity index (χ0n) is 15.7. The van der Waals surface area contributed by atoms with E-state index in [-0.39, 0.29) is 21.5 Å². The van der Waals surface area contributed by atoms with Crippen LogP contribution in [-0.2, 0) is 20.2 Å². The van der Waals surface area contributed by atoms with Crippen LogP contribution in [0.3, 0.4) is 0 Å². The van der Waals surface area contributed by atoms with Gasteiger partial charge < -0.3 is 5.32 Å². The van der Waals surface area contributed by atoms with E-state index >= 15 is 0 Å². The molecule has 0 bridgehead atoms. The van der Waals surface area contributed by atoms with Gasteiger partial charge >= 0.3 is 0 Å². The van der Waals surface area contributed by atoms with Gasteiger partial charge in [-0.1, -0.05) is 49.2 Å². The summed E-state index contributed by atoms with van der Waals surface area (Å²) in [5.74, 6) is -0.214. The van der Waals surface area contributed by atoms with Crippen molar-refractivity contribution in [3.63, 3.8) is 0 Å². The highest BCUT2D eigenvalue weighted by atomic mass is 35.5. The van der Waals surface area contributed by atoms with E-state index in [2.05, 4.69) is 5.32 Å². The Morgan fingerprint density at radius 3 is 2.36 bits per heavy atom. The van der Waals surface area contributed by atoms with Gasteiger partial charge in [-0.25, -0.2) is 8.42 Å². The smallest absolute Gasteiger partial charge is 0.243 e. The lowest BCUT2D eigenvalue weighted by molar-refractivity contribution is -0.118. The highest BCUT2D eigenvalue weighted by Gasteiger charge is 2.51. The van der Waals surface area contributed by atoms with E-state index in [1.54, 1.807) is 26.0 Å². The van der Waals surface area contributed by atoms with E-state index in [9.17, 15) is 13.2 Å². The van der Waals surface area contributed by atoms with Crippen molar-refractivity contribution in [1.82, 2.24) is 4.31 Å². The third-order valence-electron chi connectivity index (χ3n) is 5.09. The molecule has 0 saturated heterocycles. The van der Waals surface area contributed by atoms with Crippen LogP contribution in [0.15, 0.2) is 47.4 Å². The maximum atomic E-state index is 13.0. The van der Waals surface area contributed by atoms with E-state index in [1.807, 2.05) is 12.1 Å². The molecule has 1 amide bonds. The van der Waals surface area contributed by atoms with Gasteiger partial charge in [-0.3, -0.25) is 4.79 Å². The molecule has 1 N–H and O–H groups in total. The Morgan fingerprint density at radius 1 is 1.11 bits per heavy atom. The molecule has 2 aromatic rings. The number of nitrogens with one attached hydrogen (secondary N) is 1. The van der Waals surface area contributed by atoms with Crippen molar-refractivity contribution in [3.8, 4) is 0 Å². The molecule has 1 saturated carbocycles. The van der Waals surface area contributed by atoms with Gasteiger partial charge in [0.1, 0.15) is 0 Å². The lowest BCUT2D eigenvalue weighted by atomic mass is 9.95. The summed E-state index contributed by atoms with van der Waals surface area (Å²) in [5, 5.41) is 3.68. The molecular weight excluding hydrogens is 419 g/mol. The third-order valence-corrected chi connectivity index (χ3v) is 7.70. The Balaban J connectivity index is 1.90. The van der Waals surface area contributed by atoms with Crippen LogP contribution in [0.25, 0.3) is 0 Å². The Bertz CT molecular complexity index is 1000. The quantitative estimate of drug-likeness (QED) is 0.678. The minimum atomic E-state index is -3.65. The zero-order valence-corrected chi connectivity index (χ0v) is 18.0. The Hall–Kier alpha value is -1.60. The lowest BCUT2D eigenvalue weighted by Gasteiger charge is -2.20. The summed E-state index contributed by atoms with van der Waals surface area (Å²) < 4.78 is 26.9. The van der Waals surface area contributed by atoms with Crippen molar-refractivity contribution >= 4 is 44.8 Å². The van der Waals surface area contributed by atoms with E-state index in [1.165, 1.54) is 22.5 Å². The van der Waals surface area contributed by atoms with Gasteiger partial charge in [0.25, 0.3) is 0 Å². The average Bonchev–Trinajstić information content (AvgIpc) is 3.46. The molecule has 0 radical (unpaired) electrons. The Morgan fingerprint density at radius 2 is 1.79 bits per heavy atom. The number of halogens is 2. The normalized spacial score (nSPS) is 15.5. The summed E-state index contributed by atoms with van der Waals surface area (Å²) in [7, 11) is -3.65. The highest BCUT2D eigenvalue weighted by molar-refractivity contribution is 7.89. The molecule has 1 aliphatic rings. The number of amides is 1. The van der Waals surface area contributed by atoms with Crippen LogP contribution < -0.4 is 5.32 Å². The molecule has 0 spiro atoms. The summed E-state index contributed by atoms with van der Waals surface area (Å²) in [6.45, 7) is 4.28. The van der Waals surface area contributed by atoms with Crippen molar-refractivity contribution in [3.05, 3.63) is 58.1 Å². The molecule has 1 aliphatic carbocycles. The summed E-state index contributed by atoms with van der Waals surface area (Å²) in [4.78, 5) is 13.1. The van der Waals surface area contributed by atoms with Crippen LogP contribution in [0.2, 0.25) is 10.0 Å². The first-order valence-corrected chi connectivity index (χ1v) is 11.3. The topological polar surface area (TPSA) is 66.5 Å². The number of carbonyl (C=O) groups excluding carboxylic acids is 1. The van der Waals surface area contributed by atoms with Crippen LogP contribution in [0.4, 0.5) is 5.69 Å². The predicted octanol–water partition coefficient (Wildman–Crippen LogP) is 4.69. The van der Waals surface area contributed by atoms with Gasteiger partial charge in [-0.05, 0) is 48.7 Å². The van der Waals surface area contributed by atoms with Crippen molar-refractivity contribution in [2.45, 2.75) is 37.0 Å². The number of carbonyl (C=O) groups is 1. The van der Waals surface area contributed by atoms with Gasteiger partial charge in [-0.15, -0.1) is 0 Å². The zero-order chi connectivity index (χ0) is 20.5. The van der Waals surface area contributed by atoms with Gasteiger partial charge in [0.05, 0.1) is 21.0 Å². The molecule has 0 unspecified atom stereocenters. The van der Waals surface area contributed by atoms with Gasteiger partial charge in [-0.2, -0.15) is 4.31 Å². The molecule has 0 aromatic heterocycles. The highest BCUT2D eigenvalue weighted by Crippen LogP contribution is 2.49. The lowest BCUT2D eigenvalue weighted by Crippen LogP contribution is -2.31. The van der Waals surface area contributed by atoms with Crippen LogP contribution in [0.1, 0.15) is 32.3 Å². The number of sulfonamides is 1. The molecule has 28 heavy (non-hydrogen) atoms. The first-order valence-electron chi connectivity index (χ1n) is 9.12. The number of nitrogens with zero attached hydrogens (tertiary/aromatic N) is 1. The fraction of sp³-hybridized carbons (Fsp3) is 0.350. The molecular formula is C20H22Cl2N2O3S. The molecule has 150 valence electrons. The Labute approximate surface area is 175 Å². The van der Waals surface area contributed by atoms with Gasteiger partial charge in [0.15, 0.2) is 0 Å². The average molecular weight is 441 g/mol. The largest absolute Gasteiger partial charge is 0.324 e. The first-order chi connectivity index (χ1) is 13.2. The van der Waals surface area contributed by atoms with E-state index in [0.717, 1.165) is 5.56 Å². The van der Waals surface area contributed by atoms with Crippen molar-refractivity contribution in [1.29, 1.82) is 0 Å². The van der Waals surface area contributed by atoms with Crippen LogP contribution in [-0.4, -0.2) is 31.7 Å². The second-order valence-corrected chi connectivity index (χ2v) is 9.56. The van der Waals surface area contributed by atoms with Gasteiger partial charge in [0.2, 0.25) is 15.9 Å². The maximum absolute atomic E-state index is 13.0. The molecule has 5 nitrogen and oxygen atoms in total. The fourth-order valence-corrected chi connectivity index (χ4v) is 5.11. The molecule has 3 rings (SSSR count). The van der Waals surface area contributed by atoms with Crippen LogP contribution in [0.5, 0.6) is 0 Å². The van der Waals surface area contributed by atoms with Crippen molar-refractivity contribution in [2.24, 2.45) is 0 Å². The SMILES string of the molecule is CCN(CC)S(=O)(=O)c1ccc(Cl)c(NC(=O)C2(c3cccc(Cl)c3)CC2)c1. The van der Waals surface area contributed by atoms with E-state index in [4.69, 9.17) is 23.2 Å². The second-order valence-electron chi connectivity index (χ2n) is 6.78. The molecule has 0 heterocycles. The van der Waals surface area contributed by atoms with Crippen LogP contribution >= 0.6 is 23.2 Å².